The van der Waals surface area contributed by atoms with E-state index in [1.165, 1.54) is 30.4 Å². The molecule has 8 heteroatoms. The summed E-state index contributed by atoms with van der Waals surface area (Å²) in [5.41, 5.74) is 4.25. The molecule has 7 rings (SSSR count). The number of benzene rings is 2. The molecule has 2 aromatic rings. The molecular weight excluding hydrogens is 586 g/mol. The van der Waals surface area contributed by atoms with Crippen molar-refractivity contribution in [3.63, 3.8) is 0 Å². The van der Waals surface area contributed by atoms with Gasteiger partial charge in [-0.15, -0.1) is 0 Å². The molecule has 0 heterocycles. The summed E-state index contributed by atoms with van der Waals surface area (Å²) in [5.74, 6) is -0.0342. The predicted molar refractivity (Wildman–Crippen MR) is 156 cm³/mol. The Morgan fingerprint density at radius 2 is 1.48 bits per heavy atom. The summed E-state index contributed by atoms with van der Waals surface area (Å²) < 4.78 is 26.8. The number of rotatable bonds is 11. The zero-order valence-corrected chi connectivity index (χ0v) is 26.1. The van der Waals surface area contributed by atoms with Crippen LogP contribution in [0.25, 0.3) is 11.1 Å². The molecule has 213 valence electrons. The van der Waals surface area contributed by atoms with E-state index in [4.69, 9.17) is 9.26 Å². The Labute approximate surface area is 243 Å². The Bertz CT molecular complexity index is 1260. The minimum absolute atomic E-state index is 0.00592. The van der Waals surface area contributed by atoms with E-state index in [-0.39, 0.29) is 34.3 Å². The molecule has 4 saturated carbocycles. The van der Waals surface area contributed by atoms with Gasteiger partial charge in [-0.1, -0.05) is 0 Å². The first kappa shape index (κ1) is 28.3. The number of carbonyl (C=O) groups excluding carboxylic acids is 1. The molecule has 0 saturated heterocycles. The maximum atomic E-state index is 14.5. The summed E-state index contributed by atoms with van der Waals surface area (Å²) in [4.78, 5) is 25.3. The van der Waals surface area contributed by atoms with Crippen LogP contribution in [0.15, 0.2) is 48.5 Å². The molecule has 0 spiro atoms. The summed E-state index contributed by atoms with van der Waals surface area (Å²) in [7, 11) is -3.38. The number of hydrogen-bond acceptors (Lipinski definition) is 5. The Hall–Kier alpha value is -1.87. The van der Waals surface area contributed by atoms with Gasteiger partial charge in [-0.25, -0.2) is 0 Å². The molecular formula is C32H39AsO6P. The van der Waals surface area contributed by atoms with E-state index in [0.29, 0.717) is 17.8 Å². The van der Waals surface area contributed by atoms with E-state index in [1.807, 2.05) is 38.1 Å². The molecule has 6 nitrogen and oxygen atoms in total. The third-order valence-electron chi connectivity index (χ3n) is 9.69. The fourth-order valence-corrected chi connectivity index (χ4v) is 14.5. The van der Waals surface area contributed by atoms with Crippen LogP contribution in [0.2, 0.25) is 0 Å². The van der Waals surface area contributed by atoms with Crippen molar-refractivity contribution in [3.8, 4) is 11.1 Å². The number of aliphatic carboxylic acids is 1. The zero-order chi connectivity index (χ0) is 28.1. The average molecular weight is 626 g/mol. The van der Waals surface area contributed by atoms with Crippen molar-refractivity contribution in [1.29, 1.82) is 0 Å². The second kappa shape index (κ2) is 11.1. The quantitative estimate of drug-likeness (QED) is 0.210. The zero-order valence-electron chi connectivity index (χ0n) is 23.3. The summed E-state index contributed by atoms with van der Waals surface area (Å²) in [6, 6.07) is 16.5. The van der Waals surface area contributed by atoms with Gasteiger partial charge < -0.3 is 0 Å². The van der Waals surface area contributed by atoms with Gasteiger partial charge in [-0.2, -0.15) is 0 Å². The van der Waals surface area contributed by atoms with Gasteiger partial charge in [-0.05, 0) is 0 Å². The van der Waals surface area contributed by atoms with Crippen molar-refractivity contribution >= 4 is 33.8 Å². The van der Waals surface area contributed by atoms with Gasteiger partial charge in [0.1, 0.15) is 0 Å². The SMILES string of the molecule is CC(C)C(CP(=O)(C[As]C(=O)OCC1c2ccccc2-c2ccccc21)OC12CC3CC(CC(C3)C1)C2)C(=O)O. The van der Waals surface area contributed by atoms with Crippen LogP contribution in [0.5, 0.6) is 0 Å². The van der Waals surface area contributed by atoms with Gasteiger partial charge >= 0.3 is 244 Å². The number of ether oxygens (including phenoxy) is 1. The summed E-state index contributed by atoms with van der Waals surface area (Å²) in [5, 5.41) is 9.92. The Morgan fingerprint density at radius 3 is 1.98 bits per heavy atom. The van der Waals surface area contributed by atoms with Gasteiger partial charge in [0.05, 0.1) is 0 Å². The number of fused-ring (bicyclic) bond motifs is 3. The predicted octanol–water partition coefficient (Wildman–Crippen LogP) is 7.22. The van der Waals surface area contributed by atoms with Crippen LogP contribution >= 0.6 is 7.37 Å². The molecule has 0 aromatic heterocycles. The molecule has 2 aromatic carbocycles. The normalized spacial score (nSPS) is 28.9. The van der Waals surface area contributed by atoms with Crippen LogP contribution in [0.4, 0.5) is 4.79 Å². The second-order valence-corrected chi connectivity index (χ2v) is 18.7. The molecule has 1 N–H and O–H groups in total. The van der Waals surface area contributed by atoms with Crippen molar-refractivity contribution in [2.24, 2.45) is 29.6 Å². The van der Waals surface area contributed by atoms with E-state index < -0.39 is 40.6 Å². The van der Waals surface area contributed by atoms with Crippen molar-refractivity contribution in [1.82, 2.24) is 0 Å². The Balaban J connectivity index is 1.15. The molecule has 1 radical (unpaired) electrons. The van der Waals surface area contributed by atoms with Gasteiger partial charge in [0, 0.05) is 0 Å². The monoisotopic (exact) mass is 625 g/mol. The molecule has 5 aliphatic rings. The van der Waals surface area contributed by atoms with E-state index in [1.54, 1.807) is 0 Å². The second-order valence-electron chi connectivity index (χ2n) is 13.0. The first-order valence-electron chi connectivity index (χ1n) is 14.7. The molecule has 0 amide bonds. The van der Waals surface area contributed by atoms with Gasteiger partial charge in [-0.3, -0.25) is 0 Å². The molecule has 2 atom stereocenters. The fourth-order valence-electron chi connectivity index (χ4n) is 8.30. The number of carboxylic acid groups (broad SMARTS) is 1. The fraction of sp³-hybridized carbons (Fsp3) is 0.562. The molecule has 2 unspecified atom stereocenters. The summed E-state index contributed by atoms with van der Waals surface area (Å²) in [6.07, 6.45) is 6.47. The maximum absolute atomic E-state index is 14.5. The topological polar surface area (TPSA) is 89.9 Å². The number of carboxylic acids is 1. The van der Waals surface area contributed by atoms with Crippen molar-refractivity contribution < 1.29 is 28.5 Å². The average Bonchev–Trinajstić information content (AvgIpc) is 3.22. The van der Waals surface area contributed by atoms with E-state index in [0.717, 1.165) is 30.4 Å². The third kappa shape index (κ3) is 5.61. The first-order valence-corrected chi connectivity index (χ1v) is 18.9. The Morgan fingerprint density at radius 1 is 0.950 bits per heavy atom. The van der Waals surface area contributed by atoms with Gasteiger partial charge in [0.15, 0.2) is 0 Å². The molecule has 40 heavy (non-hydrogen) atoms. The Kier molecular flexibility index (Phi) is 7.83. The van der Waals surface area contributed by atoms with Gasteiger partial charge in [0.25, 0.3) is 0 Å². The van der Waals surface area contributed by atoms with Gasteiger partial charge in [0.2, 0.25) is 0 Å². The molecule has 0 aliphatic heterocycles. The van der Waals surface area contributed by atoms with Crippen LogP contribution in [0, 0.1) is 29.6 Å². The van der Waals surface area contributed by atoms with Crippen LogP contribution in [0.3, 0.4) is 0 Å². The van der Waals surface area contributed by atoms with Crippen molar-refractivity contribution in [3.05, 3.63) is 59.7 Å². The standard InChI is InChI=1S/C32H39AsO6P/c1-20(2)29(30(34)35)18-40(37,39-32-14-21-11-22(15-32)13-23(12-21)16-32)19-33-31(36)38-17-28-26-9-5-3-7-24(26)25-8-4-6-10-27(25)28/h3-10,20-23,28-29H,11-19H2,1-2H3,(H,34,35). The summed E-state index contributed by atoms with van der Waals surface area (Å²) >= 11 is -1.07. The molecule has 4 bridgehead atoms. The number of carbonyl (C=O) groups is 2. The summed E-state index contributed by atoms with van der Waals surface area (Å²) in [6.45, 7) is 3.95. The molecule has 4 fully saturated rings. The molecule has 5 aliphatic carbocycles. The van der Waals surface area contributed by atoms with E-state index in [9.17, 15) is 19.3 Å². The number of hydrogen-bond donors (Lipinski definition) is 1. The van der Waals surface area contributed by atoms with Crippen LogP contribution in [-0.4, -0.2) is 54.9 Å². The van der Waals surface area contributed by atoms with Crippen molar-refractivity contribution in [2.75, 3.05) is 17.7 Å². The first-order chi connectivity index (χ1) is 19.1. The van der Waals surface area contributed by atoms with E-state index >= 15 is 0 Å². The van der Waals surface area contributed by atoms with E-state index in [2.05, 4.69) is 24.3 Å². The van der Waals surface area contributed by atoms with Crippen LogP contribution < -0.4 is 0 Å². The van der Waals surface area contributed by atoms with Crippen molar-refractivity contribution in [2.45, 2.75) is 63.9 Å². The van der Waals surface area contributed by atoms with Crippen LogP contribution in [-0.2, 0) is 18.6 Å². The third-order valence-corrected chi connectivity index (χ3v) is 16.3. The minimum atomic E-state index is -3.38. The van der Waals surface area contributed by atoms with Crippen LogP contribution in [0.1, 0.15) is 69.4 Å².